The Labute approximate surface area is 153 Å². The number of para-hydroxylation sites is 1. The van der Waals surface area contributed by atoms with Gasteiger partial charge in [-0.05, 0) is 25.0 Å². The average molecular weight is 363 g/mol. The molecule has 1 saturated carbocycles. The smallest absolute Gasteiger partial charge is 0.226 e. The number of carbonyl (C=O) groups excluding carboxylic acids is 2. The number of nitrogens with zero attached hydrogens (tertiary/aromatic N) is 2. The van der Waals surface area contributed by atoms with Gasteiger partial charge in [-0.15, -0.1) is 0 Å². The van der Waals surface area contributed by atoms with E-state index in [0.717, 1.165) is 6.42 Å². The Morgan fingerprint density at radius 3 is 2.62 bits per heavy atom. The maximum absolute atomic E-state index is 13.9. The molecule has 7 heteroatoms. The number of anilines is 1. The fraction of sp³-hybridized carbons (Fsp3) is 0.579. The van der Waals surface area contributed by atoms with Crippen molar-refractivity contribution in [1.29, 1.82) is 0 Å². The number of benzene rings is 1. The standard InChI is InChI=1S/C19H26FN3O3/c1-26-12-4-7-21-18(24)14-13-15(14)19(25)23-10-8-22(9-11-23)17-6-3-2-5-16(17)20/h2-3,5-6,14-15H,4,7-13H2,1H3,(H,21,24). The zero-order valence-electron chi connectivity index (χ0n) is 15.1. The van der Waals surface area contributed by atoms with E-state index in [9.17, 15) is 14.0 Å². The van der Waals surface area contributed by atoms with E-state index in [2.05, 4.69) is 5.32 Å². The van der Waals surface area contributed by atoms with Gasteiger partial charge in [-0.25, -0.2) is 4.39 Å². The predicted molar refractivity (Wildman–Crippen MR) is 96.3 cm³/mol. The van der Waals surface area contributed by atoms with E-state index < -0.39 is 0 Å². The molecule has 1 heterocycles. The topological polar surface area (TPSA) is 61.9 Å². The molecule has 2 unspecified atom stereocenters. The summed E-state index contributed by atoms with van der Waals surface area (Å²) in [5, 5.41) is 2.86. The van der Waals surface area contributed by atoms with Crippen LogP contribution in [0.1, 0.15) is 12.8 Å². The maximum Gasteiger partial charge on any atom is 0.226 e. The molecular formula is C19H26FN3O3. The molecule has 0 radical (unpaired) electrons. The Morgan fingerprint density at radius 2 is 1.92 bits per heavy atom. The number of hydrogen-bond donors (Lipinski definition) is 1. The zero-order chi connectivity index (χ0) is 18.5. The van der Waals surface area contributed by atoms with Gasteiger partial charge in [0.15, 0.2) is 0 Å². The highest BCUT2D eigenvalue weighted by molar-refractivity contribution is 5.92. The lowest BCUT2D eigenvalue weighted by atomic mass is 10.2. The second-order valence-electron chi connectivity index (χ2n) is 6.85. The minimum Gasteiger partial charge on any atom is -0.385 e. The van der Waals surface area contributed by atoms with Crippen molar-refractivity contribution in [1.82, 2.24) is 10.2 Å². The number of halogens is 1. The monoisotopic (exact) mass is 363 g/mol. The normalized spacial score (nSPS) is 22.2. The summed E-state index contributed by atoms with van der Waals surface area (Å²) in [6.45, 7) is 3.52. The molecule has 26 heavy (non-hydrogen) atoms. The Hall–Kier alpha value is -2.15. The predicted octanol–water partition coefficient (Wildman–Crippen LogP) is 1.26. The Morgan fingerprint density at radius 1 is 1.19 bits per heavy atom. The molecule has 0 spiro atoms. The van der Waals surface area contributed by atoms with Crippen LogP contribution in [0.25, 0.3) is 0 Å². The lowest BCUT2D eigenvalue weighted by molar-refractivity contribution is -0.135. The minimum absolute atomic E-state index is 0.0376. The minimum atomic E-state index is -0.236. The summed E-state index contributed by atoms with van der Waals surface area (Å²) in [6.07, 6.45) is 1.40. The van der Waals surface area contributed by atoms with Crippen LogP contribution in [0.5, 0.6) is 0 Å². The number of amides is 2. The first-order chi connectivity index (χ1) is 12.6. The average Bonchev–Trinajstić information content (AvgIpc) is 3.46. The molecule has 3 rings (SSSR count). The third-order valence-corrected chi connectivity index (χ3v) is 5.05. The first kappa shape index (κ1) is 18.6. The van der Waals surface area contributed by atoms with Gasteiger partial charge in [-0.3, -0.25) is 9.59 Å². The first-order valence-electron chi connectivity index (χ1n) is 9.16. The number of methoxy groups -OCH3 is 1. The second kappa shape index (κ2) is 8.49. The SMILES string of the molecule is COCCCNC(=O)C1CC1C(=O)N1CCN(c2ccccc2F)CC1. The van der Waals surface area contributed by atoms with Crippen LogP contribution < -0.4 is 10.2 Å². The lowest BCUT2D eigenvalue weighted by Crippen LogP contribution is -2.49. The van der Waals surface area contributed by atoms with Crippen LogP contribution >= 0.6 is 0 Å². The molecule has 1 aliphatic carbocycles. The molecule has 2 amide bonds. The Bertz CT molecular complexity index is 647. The summed E-state index contributed by atoms with van der Waals surface area (Å²) in [5.41, 5.74) is 0.583. The summed E-state index contributed by atoms with van der Waals surface area (Å²) in [7, 11) is 1.63. The highest BCUT2D eigenvalue weighted by atomic mass is 19.1. The molecule has 1 aromatic rings. The van der Waals surface area contributed by atoms with Gasteiger partial charge in [-0.1, -0.05) is 12.1 Å². The molecule has 1 aliphatic heterocycles. The molecule has 0 bridgehead atoms. The first-order valence-corrected chi connectivity index (χ1v) is 9.16. The molecule has 2 fully saturated rings. The highest BCUT2D eigenvalue weighted by Crippen LogP contribution is 2.40. The van der Waals surface area contributed by atoms with Gasteiger partial charge in [-0.2, -0.15) is 0 Å². The second-order valence-corrected chi connectivity index (χ2v) is 6.85. The summed E-state index contributed by atoms with van der Waals surface area (Å²) < 4.78 is 18.8. The number of hydrogen-bond acceptors (Lipinski definition) is 4. The van der Waals surface area contributed by atoms with Crippen molar-refractivity contribution in [3.8, 4) is 0 Å². The van der Waals surface area contributed by atoms with Crippen LogP contribution in [0, 0.1) is 17.7 Å². The zero-order valence-corrected chi connectivity index (χ0v) is 15.1. The van der Waals surface area contributed by atoms with E-state index in [-0.39, 0.29) is 29.5 Å². The molecule has 6 nitrogen and oxygen atoms in total. The number of piperazine rings is 1. The number of carbonyl (C=O) groups is 2. The van der Waals surface area contributed by atoms with Gasteiger partial charge >= 0.3 is 0 Å². The molecule has 142 valence electrons. The van der Waals surface area contributed by atoms with Gasteiger partial charge in [0.1, 0.15) is 5.82 Å². The Kier molecular flexibility index (Phi) is 6.08. The summed E-state index contributed by atoms with van der Waals surface area (Å²) in [5.74, 6) is -0.619. The molecule has 0 aromatic heterocycles. The van der Waals surface area contributed by atoms with Crippen LogP contribution in [0.3, 0.4) is 0 Å². The van der Waals surface area contributed by atoms with Crippen LogP contribution in [0.15, 0.2) is 24.3 Å². The van der Waals surface area contributed by atoms with E-state index in [1.165, 1.54) is 6.07 Å². The summed E-state index contributed by atoms with van der Waals surface area (Å²) in [6, 6.07) is 6.70. The number of ether oxygens (including phenoxy) is 1. The fourth-order valence-corrected chi connectivity index (χ4v) is 3.43. The van der Waals surface area contributed by atoms with Gasteiger partial charge < -0.3 is 19.9 Å². The Balaban J connectivity index is 1.43. The van der Waals surface area contributed by atoms with Crippen molar-refractivity contribution >= 4 is 17.5 Å². The van der Waals surface area contributed by atoms with E-state index in [4.69, 9.17) is 4.74 Å². The van der Waals surface area contributed by atoms with Gasteiger partial charge in [0, 0.05) is 46.4 Å². The third-order valence-electron chi connectivity index (χ3n) is 5.05. The van der Waals surface area contributed by atoms with Crippen molar-refractivity contribution in [3.63, 3.8) is 0 Å². The molecular weight excluding hydrogens is 337 g/mol. The van der Waals surface area contributed by atoms with Crippen molar-refractivity contribution in [3.05, 3.63) is 30.1 Å². The van der Waals surface area contributed by atoms with E-state index in [0.29, 0.717) is 51.4 Å². The van der Waals surface area contributed by atoms with E-state index in [1.54, 1.807) is 24.1 Å². The molecule has 1 saturated heterocycles. The van der Waals surface area contributed by atoms with Gasteiger partial charge in [0.2, 0.25) is 11.8 Å². The van der Waals surface area contributed by atoms with Crippen LogP contribution in [0.2, 0.25) is 0 Å². The van der Waals surface area contributed by atoms with Gasteiger partial charge in [0.25, 0.3) is 0 Å². The number of rotatable bonds is 7. The van der Waals surface area contributed by atoms with E-state index >= 15 is 0 Å². The highest BCUT2D eigenvalue weighted by Gasteiger charge is 2.49. The largest absolute Gasteiger partial charge is 0.385 e. The maximum atomic E-state index is 13.9. The van der Waals surface area contributed by atoms with E-state index in [1.807, 2.05) is 11.0 Å². The third kappa shape index (κ3) is 4.33. The molecule has 1 N–H and O–H groups in total. The van der Waals surface area contributed by atoms with Crippen molar-refractivity contribution in [2.24, 2.45) is 11.8 Å². The molecule has 2 aliphatic rings. The van der Waals surface area contributed by atoms with Crippen LogP contribution in [-0.2, 0) is 14.3 Å². The van der Waals surface area contributed by atoms with Crippen molar-refractivity contribution in [2.75, 3.05) is 51.3 Å². The molecule has 1 aromatic carbocycles. The van der Waals surface area contributed by atoms with Crippen LogP contribution in [0.4, 0.5) is 10.1 Å². The quantitative estimate of drug-likeness (QED) is 0.741. The number of nitrogens with one attached hydrogen (secondary N) is 1. The van der Waals surface area contributed by atoms with Gasteiger partial charge in [0.05, 0.1) is 17.5 Å². The summed E-state index contributed by atoms with van der Waals surface area (Å²) >= 11 is 0. The van der Waals surface area contributed by atoms with Crippen molar-refractivity contribution < 1.29 is 18.7 Å². The fourth-order valence-electron chi connectivity index (χ4n) is 3.43. The lowest BCUT2D eigenvalue weighted by Gasteiger charge is -2.36. The summed E-state index contributed by atoms with van der Waals surface area (Å²) in [4.78, 5) is 28.4. The molecule has 2 atom stereocenters. The van der Waals surface area contributed by atoms with Crippen LogP contribution in [-0.4, -0.2) is 63.2 Å². The van der Waals surface area contributed by atoms with Crippen molar-refractivity contribution in [2.45, 2.75) is 12.8 Å².